The van der Waals surface area contributed by atoms with Crippen molar-refractivity contribution < 1.29 is 22.6 Å². The van der Waals surface area contributed by atoms with Crippen molar-refractivity contribution in [3.05, 3.63) is 67.4 Å². The van der Waals surface area contributed by atoms with Crippen LogP contribution in [-0.4, -0.2) is 28.0 Å². The summed E-state index contributed by atoms with van der Waals surface area (Å²) in [6.07, 6.45) is 1.91. The summed E-state index contributed by atoms with van der Waals surface area (Å²) in [4.78, 5) is 8.23. The number of hydrogen-bond donors (Lipinski definition) is 1. The molecular weight excluding hydrogens is 385 g/mol. The van der Waals surface area contributed by atoms with Crippen LogP contribution in [0.2, 0.25) is 0 Å². The van der Waals surface area contributed by atoms with Crippen LogP contribution in [0.5, 0.6) is 11.5 Å². The van der Waals surface area contributed by atoms with Crippen molar-refractivity contribution in [3.63, 3.8) is 0 Å². The van der Waals surface area contributed by atoms with E-state index in [4.69, 9.17) is 4.74 Å². The molecule has 2 aromatic heterocycles. The van der Waals surface area contributed by atoms with Gasteiger partial charge in [0.2, 0.25) is 0 Å². The minimum absolute atomic E-state index is 0.314. The van der Waals surface area contributed by atoms with E-state index >= 15 is 0 Å². The molecule has 29 heavy (non-hydrogen) atoms. The second-order valence-electron chi connectivity index (χ2n) is 6.10. The standard InChI is InChI=1S/C20H15F3N4O2/c1-28-16-9-13(8-14(10-16)27-7-6-24-12-27)26-19-4-5-25-18-3-2-15(11-17(18)19)29-20(21,22)23/h2-12H,1H3,(H,25,26). The van der Waals surface area contributed by atoms with Gasteiger partial charge in [-0.05, 0) is 30.3 Å². The Morgan fingerprint density at radius 3 is 2.59 bits per heavy atom. The van der Waals surface area contributed by atoms with Gasteiger partial charge in [-0.2, -0.15) is 0 Å². The maximum Gasteiger partial charge on any atom is 0.573 e. The number of ether oxygens (including phenoxy) is 2. The van der Waals surface area contributed by atoms with Gasteiger partial charge in [0.25, 0.3) is 0 Å². The van der Waals surface area contributed by atoms with E-state index in [1.54, 1.807) is 44.2 Å². The van der Waals surface area contributed by atoms with Crippen LogP contribution in [-0.2, 0) is 0 Å². The van der Waals surface area contributed by atoms with Crippen molar-refractivity contribution in [2.75, 3.05) is 12.4 Å². The zero-order valence-electron chi connectivity index (χ0n) is 15.1. The lowest BCUT2D eigenvalue weighted by Gasteiger charge is -2.14. The lowest BCUT2D eigenvalue weighted by molar-refractivity contribution is -0.274. The number of fused-ring (bicyclic) bond motifs is 1. The molecule has 4 rings (SSSR count). The largest absolute Gasteiger partial charge is 0.573 e. The van der Waals surface area contributed by atoms with E-state index in [1.807, 2.05) is 16.7 Å². The normalized spacial score (nSPS) is 11.4. The van der Waals surface area contributed by atoms with Gasteiger partial charge in [-0.25, -0.2) is 4.98 Å². The number of nitrogens with zero attached hydrogens (tertiary/aromatic N) is 3. The fourth-order valence-electron chi connectivity index (χ4n) is 2.92. The van der Waals surface area contributed by atoms with Gasteiger partial charge in [-0.1, -0.05) is 0 Å². The van der Waals surface area contributed by atoms with Crippen LogP contribution in [0, 0.1) is 0 Å². The molecule has 0 fully saturated rings. The number of pyridine rings is 1. The van der Waals surface area contributed by atoms with Gasteiger partial charge in [0.1, 0.15) is 11.5 Å². The summed E-state index contributed by atoms with van der Waals surface area (Å²) < 4.78 is 48.9. The fourth-order valence-corrected chi connectivity index (χ4v) is 2.92. The molecule has 2 aromatic carbocycles. The Bertz CT molecular complexity index is 1140. The van der Waals surface area contributed by atoms with Crippen molar-refractivity contribution in [1.82, 2.24) is 14.5 Å². The number of halogens is 3. The first-order valence-electron chi connectivity index (χ1n) is 8.50. The highest BCUT2D eigenvalue weighted by Crippen LogP contribution is 2.32. The minimum atomic E-state index is -4.77. The highest BCUT2D eigenvalue weighted by atomic mass is 19.4. The summed E-state index contributed by atoms with van der Waals surface area (Å²) in [7, 11) is 1.55. The molecule has 6 nitrogen and oxygen atoms in total. The van der Waals surface area contributed by atoms with Gasteiger partial charge < -0.3 is 19.4 Å². The second kappa shape index (κ2) is 7.34. The third kappa shape index (κ3) is 4.23. The van der Waals surface area contributed by atoms with Crippen molar-refractivity contribution in [1.29, 1.82) is 0 Å². The van der Waals surface area contributed by atoms with Crippen molar-refractivity contribution >= 4 is 22.3 Å². The topological polar surface area (TPSA) is 61.2 Å². The number of hydrogen-bond acceptors (Lipinski definition) is 5. The number of benzene rings is 2. The summed E-state index contributed by atoms with van der Waals surface area (Å²) in [5, 5.41) is 3.71. The number of imidazole rings is 1. The maximum atomic E-state index is 12.6. The van der Waals surface area contributed by atoms with Gasteiger partial charge in [0.15, 0.2) is 0 Å². The van der Waals surface area contributed by atoms with E-state index in [0.717, 1.165) is 5.69 Å². The summed E-state index contributed by atoms with van der Waals surface area (Å²) in [6.45, 7) is 0. The first kappa shape index (κ1) is 18.6. The van der Waals surface area contributed by atoms with E-state index in [2.05, 4.69) is 20.0 Å². The first-order chi connectivity index (χ1) is 13.9. The molecule has 0 aliphatic rings. The Balaban J connectivity index is 1.74. The van der Waals surface area contributed by atoms with Crippen molar-refractivity contribution in [2.45, 2.75) is 6.36 Å². The summed E-state index contributed by atoms with van der Waals surface area (Å²) >= 11 is 0. The number of nitrogens with one attached hydrogen (secondary N) is 1. The van der Waals surface area contributed by atoms with Gasteiger partial charge in [0, 0.05) is 47.5 Å². The molecule has 0 amide bonds. The third-order valence-corrected chi connectivity index (χ3v) is 4.16. The van der Waals surface area contributed by atoms with Crippen LogP contribution in [0.4, 0.5) is 24.5 Å². The second-order valence-corrected chi connectivity index (χ2v) is 6.10. The van der Waals surface area contributed by atoms with E-state index in [-0.39, 0.29) is 5.75 Å². The molecule has 0 saturated carbocycles. The zero-order chi connectivity index (χ0) is 20.4. The highest BCUT2D eigenvalue weighted by molar-refractivity contribution is 5.94. The summed E-state index contributed by atoms with van der Waals surface area (Å²) in [5.41, 5.74) is 2.60. The van der Waals surface area contributed by atoms with Gasteiger partial charge in [-0.3, -0.25) is 4.98 Å². The van der Waals surface area contributed by atoms with Crippen LogP contribution >= 0.6 is 0 Å². The number of methoxy groups -OCH3 is 1. The van der Waals surface area contributed by atoms with Gasteiger partial charge in [-0.15, -0.1) is 13.2 Å². The molecule has 0 aliphatic heterocycles. The molecule has 0 unspecified atom stereocenters. The Morgan fingerprint density at radius 2 is 1.86 bits per heavy atom. The number of anilines is 2. The number of aromatic nitrogens is 3. The average Bonchev–Trinajstić information content (AvgIpc) is 3.22. The average molecular weight is 400 g/mol. The first-order valence-corrected chi connectivity index (χ1v) is 8.50. The summed E-state index contributed by atoms with van der Waals surface area (Å²) in [6, 6.07) is 11.2. The smallest absolute Gasteiger partial charge is 0.497 e. The van der Waals surface area contributed by atoms with E-state index in [9.17, 15) is 13.2 Å². The van der Waals surface area contributed by atoms with Crippen molar-refractivity contribution in [3.8, 4) is 17.2 Å². The van der Waals surface area contributed by atoms with Crippen LogP contribution in [0.15, 0.2) is 67.4 Å². The third-order valence-electron chi connectivity index (χ3n) is 4.16. The lowest BCUT2D eigenvalue weighted by atomic mass is 10.1. The molecule has 0 saturated heterocycles. The predicted octanol–water partition coefficient (Wildman–Crippen LogP) is 5.07. The SMILES string of the molecule is COc1cc(Nc2ccnc3ccc(OC(F)(F)F)cc23)cc(-n2ccnc2)c1. The zero-order valence-corrected chi connectivity index (χ0v) is 15.1. The fraction of sp³-hybridized carbons (Fsp3) is 0.100. The van der Waals surface area contributed by atoms with Crippen LogP contribution in [0.3, 0.4) is 0 Å². The summed E-state index contributed by atoms with van der Waals surface area (Å²) in [5.74, 6) is 0.295. The molecule has 2 heterocycles. The Hall–Kier alpha value is -3.75. The number of rotatable bonds is 5. The molecule has 1 N–H and O–H groups in total. The molecule has 0 aliphatic carbocycles. The van der Waals surface area contributed by atoms with Gasteiger partial charge in [0.05, 0.1) is 24.6 Å². The molecule has 4 aromatic rings. The minimum Gasteiger partial charge on any atom is -0.497 e. The van der Waals surface area contributed by atoms with Crippen LogP contribution in [0.25, 0.3) is 16.6 Å². The molecule has 0 atom stereocenters. The Kier molecular flexibility index (Phi) is 4.71. The van der Waals surface area contributed by atoms with E-state index in [0.29, 0.717) is 28.0 Å². The molecule has 148 valence electrons. The van der Waals surface area contributed by atoms with Crippen LogP contribution < -0.4 is 14.8 Å². The molecular formula is C20H15F3N4O2. The quantitative estimate of drug-likeness (QED) is 0.507. The van der Waals surface area contributed by atoms with Crippen LogP contribution in [0.1, 0.15) is 0 Å². The molecule has 0 spiro atoms. The molecule has 0 bridgehead atoms. The Labute approximate surface area is 163 Å². The van der Waals surface area contributed by atoms with Gasteiger partial charge >= 0.3 is 6.36 Å². The van der Waals surface area contributed by atoms with Crippen molar-refractivity contribution in [2.24, 2.45) is 0 Å². The number of alkyl halides is 3. The highest BCUT2D eigenvalue weighted by Gasteiger charge is 2.31. The molecule has 9 heteroatoms. The van der Waals surface area contributed by atoms with E-state index in [1.165, 1.54) is 18.2 Å². The molecule has 0 radical (unpaired) electrons. The predicted molar refractivity (Wildman–Crippen MR) is 102 cm³/mol. The van der Waals surface area contributed by atoms with E-state index < -0.39 is 6.36 Å². The monoisotopic (exact) mass is 400 g/mol. The lowest BCUT2D eigenvalue weighted by Crippen LogP contribution is -2.17. The maximum absolute atomic E-state index is 12.6. The Morgan fingerprint density at radius 1 is 1.00 bits per heavy atom.